The lowest BCUT2D eigenvalue weighted by Crippen LogP contribution is -2.37. The van der Waals surface area contributed by atoms with Crippen LogP contribution in [0.2, 0.25) is 0 Å². The van der Waals surface area contributed by atoms with Crippen LogP contribution in [0.1, 0.15) is 61.6 Å². The average Bonchev–Trinajstić information content (AvgIpc) is 3.37. The summed E-state index contributed by atoms with van der Waals surface area (Å²) in [4.78, 5) is 14.4. The predicted molar refractivity (Wildman–Crippen MR) is 123 cm³/mol. The Labute approximate surface area is 187 Å². The molecule has 1 N–H and O–H groups in total. The summed E-state index contributed by atoms with van der Waals surface area (Å²) in [5, 5.41) is 2.76. The second-order valence-electron chi connectivity index (χ2n) is 9.05. The van der Waals surface area contributed by atoms with E-state index in [0.717, 1.165) is 32.0 Å². The fourth-order valence-electron chi connectivity index (χ4n) is 4.65. The summed E-state index contributed by atoms with van der Waals surface area (Å²) in [7, 11) is 0. The van der Waals surface area contributed by atoms with Gasteiger partial charge in [-0.1, -0.05) is 25.1 Å². The van der Waals surface area contributed by atoms with Gasteiger partial charge in [0.2, 0.25) is 0 Å². The summed E-state index contributed by atoms with van der Waals surface area (Å²) in [5.41, 5.74) is 4.05. The summed E-state index contributed by atoms with van der Waals surface area (Å²) >= 11 is 0. The summed E-state index contributed by atoms with van der Waals surface area (Å²) < 4.78 is 16.6. The first kappa shape index (κ1) is 24.0. The van der Waals surface area contributed by atoms with Crippen molar-refractivity contribution < 1.29 is 19.0 Å². The molecule has 2 heterocycles. The molecule has 0 spiro atoms. The van der Waals surface area contributed by atoms with E-state index in [4.69, 9.17) is 14.2 Å². The van der Waals surface area contributed by atoms with Crippen molar-refractivity contribution in [3.63, 3.8) is 0 Å². The Balaban J connectivity index is 1.14. The molecular weight excluding hydrogens is 392 g/mol. The van der Waals surface area contributed by atoms with Crippen LogP contribution in [-0.2, 0) is 14.2 Å². The van der Waals surface area contributed by atoms with Gasteiger partial charge in [-0.2, -0.15) is 0 Å². The molecule has 0 saturated carbocycles. The minimum absolute atomic E-state index is 0.345. The van der Waals surface area contributed by atoms with Gasteiger partial charge in [-0.15, -0.1) is 0 Å². The zero-order valence-corrected chi connectivity index (χ0v) is 19.5. The number of aryl methyl sites for hydroxylation is 2. The molecule has 6 heteroatoms. The van der Waals surface area contributed by atoms with E-state index in [1.807, 2.05) is 0 Å². The van der Waals surface area contributed by atoms with E-state index in [1.54, 1.807) is 0 Å². The second-order valence-corrected chi connectivity index (χ2v) is 9.05. The fraction of sp³-hybridized carbons (Fsp3) is 0.720. The third-order valence-corrected chi connectivity index (χ3v) is 6.81. The summed E-state index contributed by atoms with van der Waals surface area (Å²) in [6, 6.07) is 7.81. The Morgan fingerprint density at radius 2 is 1.90 bits per heavy atom. The van der Waals surface area contributed by atoms with Crippen LogP contribution in [0.5, 0.6) is 0 Å². The highest BCUT2D eigenvalue weighted by molar-refractivity contribution is 5.67. The number of hydrogen-bond acceptors (Lipinski definition) is 5. The van der Waals surface area contributed by atoms with E-state index in [-0.39, 0.29) is 6.09 Å². The number of ether oxygens (including phenoxy) is 3. The van der Waals surface area contributed by atoms with Crippen molar-refractivity contribution in [1.29, 1.82) is 0 Å². The van der Waals surface area contributed by atoms with Crippen molar-refractivity contribution in [3.8, 4) is 0 Å². The Morgan fingerprint density at radius 1 is 1.10 bits per heavy atom. The topological polar surface area (TPSA) is 60.0 Å². The summed E-state index contributed by atoms with van der Waals surface area (Å²) in [6.45, 7) is 10.9. The van der Waals surface area contributed by atoms with Gasteiger partial charge in [0.1, 0.15) is 6.61 Å². The molecular formula is C25H40N2O4. The van der Waals surface area contributed by atoms with E-state index in [0.29, 0.717) is 44.9 Å². The Hall–Kier alpha value is -1.63. The third-order valence-electron chi connectivity index (χ3n) is 6.81. The van der Waals surface area contributed by atoms with Gasteiger partial charge < -0.3 is 19.5 Å². The van der Waals surface area contributed by atoms with E-state index < -0.39 is 0 Å². The molecule has 0 aromatic heterocycles. The minimum atomic E-state index is -0.345. The number of carbonyl (C=O) groups excluding carboxylic acids is 1. The van der Waals surface area contributed by atoms with Crippen LogP contribution >= 0.6 is 0 Å². The van der Waals surface area contributed by atoms with Gasteiger partial charge in [0.15, 0.2) is 0 Å². The van der Waals surface area contributed by atoms with Gasteiger partial charge in [0, 0.05) is 25.2 Å². The molecule has 2 aliphatic heterocycles. The van der Waals surface area contributed by atoms with Gasteiger partial charge in [-0.05, 0) is 75.1 Å². The maximum absolute atomic E-state index is 11.9. The number of rotatable bonds is 12. The molecule has 31 heavy (non-hydrogen) atoms. The molecule has 6 nitrogen and oxygen atoms in total. The normalized spacial score (nSPS) is 21.8. The lowest BCUT2D eigenvalue weighted by molar-refractivity contribution is 0.0456. The Kier molecular flexibility index (Phi) is 9.62. The highest BCUT2D eigenvalue weighted by Gasteiger charge is 2.36. The fourth-order valence-corrected chi connectivity index (χ4v) is 4.65. The minimum Gasteiger partial charge on any atom is -0.448 e. The molecule has 1 amide bonds. The second kappa shape index (κ2) is 12.4. The van der Waals surface area contributed by atoms with Crippen LogP contribution in [-0.4, -0.2) is 69.2 Å². The summed E-state index contributed by atoms with van der Waals surface area (Å²) in [6.07, 6.45) is 5.62. The quantitative estimate of drug-likeness (QED) is 0.502. The first-order valence-electron chi connectivity index (χ1n) is 11.9. The molecule has 174 valence electrons. The van der Waals surface area contributed by atoms with Gasteiger partial charge in [0.05, 0.1) is 19.8 Å². The first-order valence-corrected chi connectivity index (χ1v) is 11.9. The van der Waals surface area contributed by atoms with Crippen molar-refractivity contribution in [3.05, 3.63) is 34.9 Å². The number of fused-ring (bicyclic) bond motifs is 1. The van der Waals surface area contributed by atoms with Crippen LogP contribution in [0.4, 0.5) is 4.79 Å². The number of carbonyl (C=O) groups is 1. The Morgan fingerprint density at radius 3 is 2.71 bits per heavy atom. The van der Waals surface area contributed by atoms with Gasteiger partial charge in [-0.25, -0.2) is 4.79 Å². The SMILES string of the molecule is Cc1ccc(C(C)CCOCCOCCNC(=O)OCC2CCC3CCCN32)cc1C. The van der Waals surface area contributed by atoms with Crippen molar-refractivity contribution >= 4 is 6.09 Å². The van der Waals surface area contributed by atoms with E-state index in [2.05, 4.69) is 49.2 Å². The number of alkyl carbamates (subject to hydrolysis) is 1. The number of nitrogens with one attached hydrogen (secondary N) is 1. The molecule has 1 aromatic carbocycles. The molecule has 0 radical (unpaired) electrons. The summed E-state index contributed by atoms with van der Waals surface area (Å²) in [5.74, 6) is 0.482. The van der Waals surface area contributed by atoms with E-state index in [1.165, 1.54) is 36.0 Å². The van der Waals surface area contributed by atoms with Crippen molar-refractivity contribution in [2.24, 2.45) is 0 Å². The highest BCUT2D eigenvalue weighted by Crippen LogP contribution is 2.32. The molecule has 3 rings (SSSR count). The molecule has 0 bridgehead atoms. The lowest BCUT2D eigenvalue weighted by atomic mass is 9.95. The molecule has 2 aliphatic rings. The van der Waals surface area contributed by atoms with Crippen molar-refractivity contribution in [2.45, 2.75) is 70.9 Å². The maximum atomic E-state index is 11.9. The Bertz CT molecular complexity index is 696. The van der Waals surface area contributed by atoms with Crippen LogP contribution in [0, 0.1) is 13.8 Å². The van der Waals surface area contributed by atoms with Crippen molar-refractivity contribution in [1.82, 2.24) is 10.2 Å². The molecule has 3 atom stereocenters. The predicted octanol–water partition coefficient (Wildman–Crippen LogP) is 4.18. The van der Waals surface area contributed by atoms with Crippen LogP contribution < -0.4 is 5.32 Å². The van der Waals surface area contributed by atoms with Gasteiger partial charge in [-0.3, -0.25) is 4.90 Å². The zero-order chi connectivity index (χ0) is 22.1. The van der Waals surface area contributed by atoms with Crippen LogP contribution in [0.25, 0.3) is 0 Å². The monoisotopic (exact) mass is 432 g/mol. The molecule has 2 fully saturated rings. The smallest absolute Gasteiger partial charge is 0.407 e. The molecule has 0 aliphatic carbocycles. The third kappa shape index (κ3) is 7.48. The lowest BCUT2D eigenvalue weighted by Gasteiger charge is -2.23. The maximum Gasteiger partial charge on any atom is 0.407 e. The van der Waals surface area contributed by atoms with Crippen LogP contribution in [0.3, 0.4) is 0 Å². The molecule has 2 saturated heterocycles. The number of benzene rings is 1. The van der Waals surface area contributed by atoms with Crippen LogP contribution in [0.15, 0.2) is 18.2 Å². The van der Waals surface area contributed by atoms with Gasteiger partial charge >= 0.3 is 6.09 Å². The van der Waals surface area contributed by atoms with Crippen molar-refractivity contribution in [2.75, 3.05) is 46.1 Å². The van der Waals surface area contributed by atoms with E-state index >= 15 is 0 Å². The molecule has 3 unspecified atom stereocenters. The molecule has 1 aromatic rings. The van der Waals surface area contributed by atoms with E-state index in [9.17, 15) is 4.79 Å². The highest BCUT2D eigenvalue weighted by atomic mass is 16.6. The number of hydrogen-bond donors (Lipinski definition) is 1. The zero-order valence-electron chi connectivity index (χ0n) is 19.5. The standard InChI is InChI=1S/C25H40N2O4/c1-19-6-7-22(17-21(19)3)20(2)10-13-29-15-16-30-14-11-26-25(28)31-18-24-9-8-23-5-4-12-27(23)24/h6-7,17,20,23-24H,4-5,8-16,18H2,1-3H3,(H,26,28). The van der Waals surface area contributed by atoms with Gasteiger partial charge in [0.25, 0.3) is 0 Å². The largest absolute Gasteiger partial charge is 0.448 e. The number of amides is 1. The average molecular weight is 433 g/mol. The number of nitrogens with zero attached hydrogens (tertiary/aromatic N) is 1. The first-order chi connectivity index (χ1) is 15.0.